The van der Waals surface area contributed by atoms with E-state index in [0.29, 0.717) is 11.3 Å². The summed E-state index contributed by atoms with van der Waals surface area (Å²) in [5.41, 5.74) is 2.40. The molecule has 6 heteroatoms. The van der Waals surface area contributed by atoms with Crippen LogP contribution in [0, 0.1) is 5.82 Å². The zero-order valence-corrected chi connectivity index (χ0v) is 17.7. The molecule has 30 heavy (non-hydrogen) atoms. The molecule has 2 heterocycles. The highest BCUT2D eigenvalue weighted by molar-refractivity contribution is 5.69. The minimum atomic E-state index is -0.664. The predicted octanol–water partition coefficient (Wildman–Crippen LogP) is 5.78. The Morgan fingerprint density at radius 1 is 1.07 bits per heavy atom. The summed E-state index contributed by atoms with van der Waals surface area (Å²) in [7, 11) is 0. The topological polar surface area (TPSA) is 55.3 Å². The van der Waals surface area contributed by atoms with Crippen LogP contribution in [0.25, 0.3) is 11.1 Å². The molecule has 1 atom stereocenters. The molecular formula is C24H26FN3O2. The minimum Gasteiger partial charge on any atom is -0.444 e. The number of aromatic nitrogens is 2. The Hall–Kier alpha value is -3.28. The monoisotopic (exact) mass is 407 g/mol. The lowest BCUT2D eigenvalue weighted by Crippen LogP contribution is -2.38. The van der Waals surface area contributed by atoms with Gasteiger partial charge in [0.15, 0.2) is 0 Å². The molecule has 0 aliphatic rings. The van der Waals surface area contributed by atoms with E-state index in [9.17, 15) is 9.18 Å². The summed E-state index contributed by atoms with van der Waals surface area (Å²) in [6.45, 7) is 7.39. The lowest BCUT2D eigenvalue weighted by Gasteiger charge is -2.32. The van der Waals surface area contributed by atoms with E-state index in [2.05, 4.69) is 9.97 Å². The fourth-order valence-corrected chi connectivity index (χ4v) is 3.07. The molecule has 156 valence electrons. The number of halogens is 1. The average Bonchev–Trinajstić information content (AvgIpc) is 2.72. The molecule has 1 aromatic carbocycles. The van der Waals surface area contributed by atoms with Gasteiger partial charge in [-0.2, -0.15) is 0 Å². The average molecular weight is 407 g/mol. The van der Waals surface area contributed by atoms with Gasteiger partial charge in [-0.25, -0.2) is 9.18 Å². The van der Waals surface area contributed by atoms with Crippen LogP contribution in [0.2, 0.25) is 0 Å². The molecule has 0 aliphatic carbocycles. The smallest absolute Gasteiger partial charge is 0.411 e. The first kappa shape index (κ1) is 21.4. The Labute approximate surface area is 176 Å². The van der Waals surface area contributed by atoms with Gasteiger partial charge in [0.05, 0.1) is 18.3 Å². The third-order valence-electron chi connectivity index (χ3n) is 4.62. The second kappa shape index (κ2) is 9.03. The Morgan fingerprint density at radius 3 is 2.37 bits per heavy atom. The molecule has 0 fully saturated rings. The number of carbonyl (C=O) groups excluding carboxylic acids is 1. The summed E-state index contributed by atoms with van der Waals surface area (Å²) in [6.07, 6.45) is 4.69. The summed E-state index contributed by atoms with van der Waals surface area (Å²) in [5.74, 6) is -0.362. The molecule has 0 saturated heterocycles. The highest BCUT2D eigenvalue weighted by Gasteiger charge is 2.28. The molecule has 0 saturated carbocycles. The van der Waals surface area contributed by atoms with Crippen molar-refractivity contribution in [3.63, 3.8) is 0 Å². The first-order valence-electron chi connectivity index (χ1n) is 9.84. The molecule has 0 spiro atoms. The van der Waals surface area contributed by atoms with E-state index in [1.54, 1.807) is 64.5 Å². The predicted molar refractivity (Wildman–Crippen MR) is 114 cm³/mol. The van der Waals surface area contributed by atoms with Crippen molar-refractivity contribution in [2.75, 3.05) is 0 Å². The summed E-state index contributed by atoms with van der Waals surface area (Å²) in [6, 6.07) is 13.5. The van der Waals surface area contributed by atoms with Gasteiger partial charge < -0.3 is 4.74 Å². The quantitative estimate of drug-likeness (QED) is 0.538. The van der Waals surface area contributed by atoms with Crippen LogP contribution in [0.4, 0.5) is 9.18 Å². The van der Waals surface area contributed by atoms with Gasteiger partial charge in [0.1, 0.15) is 11.4 Å². The van der Waals surface area contributed by atoms with E-state index >= 15 is 0 Å². The summed E-state index contributed by atoms with van der Waals surface area (Å²) >= 11 is 0. The van der Waals surface area contributed by atoms with Gasteiger partial charge in [-0.3, -0.25) is 14.9 Å². The van der Waals surface area contributed by atoms with Crippen LogP contribution in [0.1, 0.15) is 45.0 Å². The molecule has 5 nitrogen and oxygen atoms in total. The number of nitrogens with zero attached hydrogens (tertiary/aromatic N) is 3. The maximum atomic E-state index is 14.4. The third-order valence-corrected chi connectivity index (χ3v) is 4.62. The maximum Gasteiger partial charge on any atom is 0.411 e. The number of benzene rings is 1. The van der Waals surface area contributed by atoms with Crippen molar-refractivity contribution >= 4 is 6.09 Å². The van der Waals surface area contributed by atoms with Gasteiger partial charge in [0, 0.05) is 29.7 Å². The van der Waals surface area contributed by atoms with Crippen molar-refractivity contribution in [1.82, 2.24) is 14.9 Å². The number of hydrogen-bond acceptors (Lipinski definition) is 4. The SMILES string of the molecule is C[C@H](c1ccccc1F)N(Cc1ccc(-c2ccncc2)cn1)C(=O)OC(C)(C)C. The fourth-order valence-electron chi connectivity index (χ4n) is 3.07. The van der Waals surface area contributed by atoms with Crippen LogP contribution in [0.5, 0.6) is 0 Å². The zero-order valence-electron chi connectivity index (χ0n) is 17.7. The number of rotatable bonds is 5. The van der Waals surface area contributed by atoms with E-state index < -0.39 is 17.7 Å². The first-order valence-corrected chi connectivity index (χ1v) is 9.84. The Morgan fingerprint density at radius 2 is 1.77 bits per heavy atom. The fraction of sp³-hybridized carbons (Fsp3) is 0.292. The maximum absolute atomic E-state index is 14.4. The van der Waals surface area contributed by atoms with E-state index in [0.717, 1.165) is 11.1 Å². The molecule has 0 aliphatic heterocycles. The van der Waals surface area contributed by atoms with Gasteiger partial charge in [-0.1, -0.05) is 24.3 Å². The molecule has 0 radical (unpaired) electrons. The van der Waals surface area contributed by atoms with Crippen LogP contribution in [0.15, 0.2) is 67.1 Å². The molecule has 0 bridgehead atoms. The van der Waals surface area contributed by atoms with Crippen molar-refractivity contribution in [3.05, 3.63) is 84.2 Å². The van der Waals surface area contributed by atoms with Gasteiger partial charge in [0.2, 0.25) is 0 Å². The Balaban J connectivity index is 1.87. The van der Waals surface area contributed by atoms with Gasteiger partial charge in [-0.15, -0.1) is 0 Å². The van der Waals surface area contributed by atoms with E-state index in [1.165, 1.54) is 11.0 Å². The number of pyridine rings is 2. The van der Waals surface area contributed by atoms with Crippen molar-refractivity contribution < 1.29 is 13.9 Å². The minimum absolute atomic E-state index is 0.195. The van der Waals surface area contributed by atoms with Crippen LogP contribution < -0.4 is 0 Å². The second-order valence-corrected chi connectivity index (χ2v) is 8.08. The Bertz CT molecular complexity index is 985. The Kier molecular flexibility index (Phi) is 6.45. The van der Waals surface area contributed by atoms with Crippen LogP contribution in [0.3, 0.4) is 0 Å². The molecule has 0 N–H and O–H groups in total. The van der Waals surface area contributed by atoms with Crippen molar-refractivity contribution in [2.45, 2.75) is 45.9 Å². The van der Waals surface area contributed by atoms with E-state index in [4.69, 9.17) is 4.74 Å². The second-order valence-electron chi connectivity index (χ2n) is 8.08. The van der Waals surface area contributed by atoms with Gasteiger partial charge in [0.25, 0.3) is 0 Å². The van der Waals surface area contributed by atoms with Crippen molar-refractivity contribution in [3.8, 4) is 11.1 Å². The van der Waals surface area contributed by atoms with Crippen molar-refractivity contribution in [2.24, 2.45) is 0 Å². The van der Waals surface area contributed by atoms with Gasteiger partial charge >= 0.3 is 6.09 Å². The summed E-state index contributed by atoms with van der Waals surface area (Å²) < 4.78 is 20.0. The zero-order chi connectivity index (χ0) is 21.7. The molecule has 3 aromatic rings. The van der Waals surface area contributed by atoms with E-state index in [1.807, 2.05) is 24.3 Å². The highest BCUT2D eigenvalue weighted by atomic mass is 19.1. The largest absolute Gasteiger partial charge is 0.444 e. The lowest BCUT2D eigenvalue weighted by atomic mass is 10.1. The van der Waals surface area contributed by atoms with Gasteiger partial charge in [-0.05, 0) is 57.5 Å². The number of hydrogen-bond donors (Lipinski definition) is 0. The first-order chi connectivity index (χ1) is 14.2. The number of amides is 1. The highest BCUT2D eigenvalue weighted by Crippen LogP contribution is 2.27. The molecular weight excluding hydrogens is 381 g/mol. The standard InChI is InChI=1S/C24H26FN3O2/c1-17(21-7-5-6-8-22(21)25)28(23(29)30-24(2,3)4)16-20-10-9-19(15-27-20)18-11-13-26-14-12-18/h5-15,17H,16H2,1-4H3/t17-/m1/s1. The van der Waals surface area contributed by atoms with Crippen LogP contribution in [-0.4, -0.2) is 26.6 Å². The van der Waals surface area contributed by atoms with Crippen molar-refractivity contribution in [1.29, 1.82) is 0 Å². The van der Waals surface area contributed by atoms with E-state index in [-0.39, 0.29) is 12.4 Å². The summed E-state index contributed by atoms with van der Waals surface area (Å²) in [5, 5.41) is 0. The molecule has 3 rings (SSSR count). The lowest BCUT2D eigenvalue weighted by molar-refractivity contribution is 0.0147. The third kappa shape index (κ3) is 5.41. The number of ether oxygens (including phenoxy) is 1. The van der Waals surface area contributed by atoms with Crippen LogP contribution >= 0.6 is 0 Å². The molecule has 1 amide bonds. The normalized spacial score (nSPS) is 12.3. The summed E-state index contributed by atoms with van der Waals surface area (Å²) in [4.78, 5) is 23.0. The molecule has 2 aromatic heterocycles. The molecule has 0 unspecified atom stereocenters. The van der Waals surface area contributed by atoms with Crippen LogP contribution in [-0.2, 0) is 11.3 Å². The number of carbonyl (C=O) groups is 1.